The highest BCUT2D eigenvalue weighted by Gasteiger charge is 2.13. The van der Waals surface area contributed by atoms with Crippen molar-refractivity contribution in [3.8, 4) is 0 Å². The number of benzene rings is 2. The minimum absolute atomic E-state index is 0.0184. The molecule has 1 aliphatic carbocycles. The van der Waals surface area contributed by atoms with Gasteiger partial charge in [-0.25, -0.2) is 4.79 Å². The van der Waals surface area contributed by atoms with Crippen LogP contribution in [0.1, 0.15) is 55.0 Å². The molecule has 2 N–H and O–H groups in total. The second-order valence-electron chi connectivity index (χ2n) is 6.65. The molecule has 3 nitrogen and oxygen atoms in total. The lowest BCUT2D eigenvalue weighted by atomic mass is 10.0. The molecule has 0 spiro atoms. The number of aryl methyl sites for hydroxylation is 3. The Kier molecular flexibility index (Phi) is 5.19. The van der Waals surface area contributed by atoms with Gasteiger partial charge in [-0.1, -0.05) is 43.7 Å². The van der Waals surface area contributed by atoms with Crippen molar-refractivity contribution >= 4 is 11.7 Å². The zero-order valence-electron chi connectivity index (χ0n) is 14.6. The van der Waals surface area contributed by atoms with Gasteiger partial charge in [-0.15, -0.1) is 0 Å². The third-order valence-corrected chi connectivity index (χ3v) is 4.72. The van der Waals surface area contributed by atoms with Gasteiger partial charge in [0.15, 0.2) is 0 Å². The zero-order chi connectivity index (χ0) is 16.9. The van der Waals surface area contributed by atoms with Gasteiger partial charge >= 0.3 is 6.03 Å². The number of amides is 2. The van der Waals surface area contributed by atoms with Crippen LogP contribution in [0.15, 0.2) is 42.5 Å². The first kappa shape index (κ1) is 16.6. The molecular formula is C21H26N2O. The second-order valence-corrected chi connectivity index (χ2v) is 6.65. The Morgan fingerprint density at radius 2 is 1.83 bits per heavy atom. The van der Waals surface area contributed by atoms with Gasteiger partial charge in [-0.05, 0) is 67.0 Å². The minimum Gasteiger partial charge on any atom is -0.331 e. The van der Waals surface area contributed by atoms with E-state index in [2.05, 4.69) is 54.0 Å². The Bertz CT molecular complexity index is 706. The number of urea groups is 1. The normalized spacial score (nSPS) is 14.1. The Hall–Kier alpha value is -2.29. The van der Waals surface area contributed by atoms with E-state index < -0.39 is 0 Å². The van der Waals surface area contributed by atoms with Crippen LogP contribution in [0.2, 0.25) is 0 Å². The summed E-state index contributed by atoms with van der Waals surface area (Å²) in [6, 6.07) is 14.6. The van der Waals surface area contributed by atoms with Crippen LogP contribution in [0, 0.1) is 0 Å². The molecule has 3 rings (SSSR count). The van der Waals surface area contributed by atoms with Crippen molar-refractivity contribution in [1.82, 2.24) is 5.32 Å². The van der Waals surface area contributed by atoms with Gasteiger partial charge in [0.05, 0.1) is 6.04 Å². The number of nitrogens with one attached hydrogen (secondary N) is 2. The lowest BCUT2D eigenvalue weighted by Gasteiger charge is -2.16. The van der Waals surface area contributed by atoms with E-state index in [1.165, 1.54) is 23.1 Å². The lowest BCUT2D eigenvalue weighted by Crippen LogP contribution is -2.31. The molecule has 0 bridgehead atoms. The highest BCUT2D eigenvalue weighted by atomic mass is 16.2. The van der Waals surface area contributed by atoms with Crippen molar-refractivity contribution in [3.63, 3.8) is 0 Å². The average molecular weight is 322 g/mol. The maximum atomic E-state index is 12.2. The van der Waals surface area contributed by atoms with E-state index in [4.69, 9.17) is 0 Å². The summed E-state index contributed by atoms with van der Waals surface area (Å²) in [4.78, 5) is 12.2. The van der Waals surface area contributed by atoms with E-state index in [1.54, 1.807) is 0 Å². The van der Waals surface area contributed by atoms with Crippen LogP contribution in [-0.4, -0.2) is 6.03 Å². The molecule has 2 aromatic carbocycles. The summed E-state index contributed by atoms with van der Waals surface area (Å²) in [5, 5.41) is 5.97. The van der Waals surface area contributed by atoms with Crippen LogP contribution in [0.5, 0.6) is 0 Å². The number of hydrogen-bond acceptors (Lipinski definition) is 1. The van der Waals surface area contributed by atoms with Gasteiger partial charge in [0.2, 0.25) is 0 Å². The van der Waals surface area contributed by atoms with Crippen molar-refractivity contribution < 1.29 is 4.79 Å². The van der Waals surface area contributed by atoms with Gasteiger partial charge in [0.25, 0.3) is 0 Å². The van der Waals surface area contributed by atoms with Crippen molar-refractivity contribution in [2.45, 2.75) is 52.0 Å². The molecule has 126 valence electrons. The van der Waals surface area contributed by atoms with E-state index in [1.807, 2.05) is 13.0 Å². The minimum atomic E-state index is -0.155. The van der Waals surface area contributed by atoms with Crippen LogP contribution in [-0.2, 0) is 19.3 Å². The predicted octanol–water partition coefficient (Wildman–Crippen LogP) is 5.01. The van der Waals surface area contributed by atoms with Gasteiger partial charge < -0.3 is 10.6 Å². The van der Waals surface area contributed by atoms with Crippen LogP contribution in [0.4, 0.5) is 10.5 Å². The predicted molar refractivity (Wildman–Crippen MR) is 99.5 cm³/mol. The van der Waals surface area contributed by atoms with E-state index in [0.29, 0.717) is 0 Å². The first-order chi connectivity index (χ1) is 11.7. The van der Waals surface area contributed by atoms with Crippen molar-refractivity contribution in [3.05, 3.63) is 64.7 Å². The van der Waals surface area contributed by atoms with Gasteiger partial charge in [-0.3, -0.25) is 0 Å². The van der Waals surface area contributed by atoms with Crippen LogP contribution in [0.3, 0.4) is 0 Å². The molecule has 24 heavy (non-hydrogen) atoms. The smallest absolute Gasteiger partial charge is 0.319 e. The monoisotopic (exact) mass is 322 g/mol. The van der Waals surface area contributed by atoms with E-state index in [0.717, 1.165) is 36.9 Å². The number of carbonyl (C=O) groups is 1. The summed E-state index contributed by atoms with van der Waals surface area (Å²) in [5.74, 6) is 0. The summed E-state index contributed by atoms with van der Waals surface area (Å²) in [7, 11) is 0. The molecule has 0 fully saturated rings. The number of anilines is 1. The molecule has 0 saturated heterocycles. The second kappa shape index (κ2) is 7.52. The number of rotatable bonds is 5. The van der Waals surface area contributed by atoms with Crippen molar-refractivity contribution in [2.24, 2.45) is 0 Å². The fraction of sp³-hybridized carbons (Fsp3) is 0.381. The first-order valence-corrected chi connectivity index (χ1v) is 8.94. The fourth-order valence-corrected chi connectivity index (χ4v) is 3.36. The standard InChI is InChI=1S/C21H26N2O/c1-3-5-16-8-10-17(11-9-16)15(2)22-21(24)23-20-13-12-18-6-4-7-19(18)14-20/h8-15H,3-7H2,1-2H3,(H2,22,23,24). The third-order valence-electron chi connectivity index (χ3n) is 4.72. The Morgan fingerprint density at radius 1 is 1.08 bits per heavy atom. The highest BCUT2D eigenvalue weighted by Crippen LogP contribution is 2.25. The summed E-state index contributed by atoms with van der Waals surface area (Å²) < 4.78 is 0. The third kappa shape index (κ3) is 3.97. The molecule has 0 radical (unpaired) electrons. The molecule has 0 heterocycles. The van der Waals surface area contributed by atoms with Gasteiger partial charge in [-0.2, -0.15) is 0 Å². The van der Waals surface area contributed by atoms with Gasteiger partial charge in [0, 0.05) is 5.69 Å². The summed E-state index contributed by atoms with van der Waals surface area (Å²) in [6.07, 6.45) is 5.74. The lowest BCUT2D eigenvalue weighted by molar-refractivity contribution is 0.249. The molecule has 3 heteroatoms. The van der Waals surface area contributed by atoms with E-state index in [-0.39, 0.29) is 12.1 Å². The number of hydrogen-bond donors (Lipinski definition) is 2. The maximum absolute atomic E-state index is 12.2. The summed E-state index contributed by atoms with van der Waals surface area (Å²) in [6.45, 7) is 4.19. The Labute approximate surface area is 144 Å². The SMILES string of the molecule is CCCc1ccc(C(C)NC(=O)Nc2ccc3c(c2)CCC3)cc1. The van der Waals surface area contributed by atoms with Gasteiger partial charge in [0.1, 0.15) is 0 Å². The summed E-state index contributed by atoms with van der Waals surface area (Å²) >= 11 is 0. The molecular weight excluding hydrogens is 296 g/mol. The van der Waals surface area contributed by atoms with Crippen LogP contribution in [0.25, 0.3) is 0 Å². The Balaban J connectivity index is 1.57. The molecule has 1 unspecified atom stereocenters. The van der Waals surface area contributed by atoms with Crippen molar-refractivity contribution in [2.75, 3.05) is 5.32 Å². The van der Waals surface area contributed by atoms with Crippen LogP contribution >= 0.6 is 0 Å². The number of fused-ring (bicyclic) bond motifs is 1. The van der Waals surface area contributed by atoms with Crippen LogP contribution < -0.4 is 10.6 Å². The zero-order valence-corrected chi connectivity index (χ0v) is 14.6. The molecule has 1 aliphatic rings. The summed E-state index contributed by atoms with van der Waals surface area (Å²) in [5.41, 5.74) is 6.13. The average Bonchev–Trinajstić information content (AvgIpc) is 3.03. The van der Waals surface area contributed by atoms with Crippen molar-refractivity contribution in [1.29, 1.82) is 0 Å². The molecule has 2 amide bonds. The van der Waals surface area contributed by atoms with E-state index in [9.17, 15) is 4.79 Å². The first-order valence-electron chi connectivity index (χ1n) is 8.94. The topological polar surface area (TPSA) is 41.1 Å². The largest absolute Gasteiger partial charge is 0.331 e. The molecule has 2 aromatic rings. The molecule has 0 saturated carbocycles. The quantitative estimate of drug-likeness (QED) is 0.798. The molecule has 1 atom stereocenters. The molecule has 0 aliphatic heterocycles. The van der Waals surface area contributed by atoms with E-state index >= 15 is 0 Å². The maximum Gasteiger partial charge on any atom is 0.319 e. The molecule has 0 aromatic heterocycles. The number of carbonyl (C=O) groups excluding carboxylic acids is 1. The Morgan fingerprint density at radius 3 is 2.58 bits per heavy atom. The fourth-order valence-electron chi connectivity index (χ4n) is 3.36. The highest BCUT2D eigenvalue weighted by molar-refractivity contribution is 5.89.